The third kappa shape index (κ3) is 6.46. The molecule has 5 nitrogen and oxygen atoms in total. The highest BCUT2D eigenvalue weighted by molar-refractivity contribution is 8.04. The van der Waals surface area contributed by atoms with Gasteiger partial charge in [0.25, 0.3) is 0 Å². The number of carbonyl (C=O) groups excluding carboxylic acids is 1. The van der Waals surface area contributed by atoms with Gasteiger partial charge in [0, 0.05) is 0 Å². The molecule has 0 aliphatic rings. The second-order valence-electron chi connectivity index (χ2n) is 4.37. The molecule has 0 aliphatic carbocycles. The first-order chi connectivity index (χ1) is 9.45. The summed E-state index contributed by atoms with van der Waals surface area (Å²) in [4.78, 5) is 11.5. The molecule has 0 aliphatic heterocycles. The molecular weight excluding hydrogens is 297 g/mol. The number of para-hydroxylation sites is 1. The molecule has 1 unspecified atom stereocenters. The number of thioether (sulfide) groups is 1. The first kappa shape index (κ1) is 17.1. The first-order valence-corrected chi connectivity index (χ1v) is 9.43. The van der Waals surface area contributed by atoms with Crippen molar-refractivity contribution in [2.75, 3.05) is 18.3 Å². The third-order valence-electron chi connectivity index (χ3n) is 2.13. The maximum atomic E-state index is 12.6. The van der Waals surface area contributed by atoms with Gasteiger partial charge in [-0.15, -0.1) is 0 Å². The van der Waals surface area contributed by atoms with Gasteiger partial charge in [0.1, 0.15) is 12.3 Å². The smallest absolute Gasteiger partial charge is 0.326 e. The molecule has 0 saturated carbocycles. The van der Waals surface area contributed by atoms with Gasteiger partial charge < -0.3 is 9.26 Å². The third-order valence-corrected chi connectivity index (χ3v) is 5.66. The lowest BCUT2D eigenvalue weighted by atomic mass is 10.3. The summed E-state index contributed by atoms with van der Waals surface area (Å²) in [6.07, 6.45) is 1.63. The summed E-state index contributed by atoms with van der Waals surface area (Å²) in [6.45, 7) is 3.39. The Morgan fingerprint density at radius 2 is 2.00 bits per heavy atom. The molecule has 112 valence electrons. The van der Waals surface area contributed by atoms with Crippen molar-refractivity contribution in [1.29, 1.82) is 0 Å². The average Bonchev–Trinajstić information content (AvgIpc) is 2.37. The van der Waals surface area contributed by atoms with Crippen LogP contribution in [0.5, 0.6) is 5.75 Å². The van der Waals surface area contributed by atoms with Gasteiger partial charge in [0.05, 0.1) is 11.6 Å². The fourth-order valence-corrected chi connectivity index (χ4v) is 4.25. The van der Waals surface area contributed by atoms with E-state index >= 15 is 0 Å². The monoisotopic (exact) mass is 317 g/mol. The SMILES string of the molecule is CSCP(=O)(NCC(=O)OC(C)C)Oc1ccccc1. The van der Waals surface area contributed by atoms with Gasteiger partial charge in [-0.25, -0.2) is 5.09 Å². The van der Waals surface area contributed by atoms with Crippen LogP contribution in [0.15, 0.2) is 30.3 Å². The molecule has 0 radical (unpaired) electrons. The number of carbonyl (C=O) groups is 1. The Bertz CT molecular complexity index is 467. The molecule has 1 aromatic carbocycles. The van der Waals surface area contributed by atoms with Crippen LogP contribution in [-0.2, 0) is 14.1 Å². The number of benzene rings is 1. The van der Waals surface area contributed by atoms with Gasteiger partial charge >= 0.3 is 13.5 Å². The lowest BCUT2D eigenvalue weighted by Crippen LogP contribution is -2.26. The highest BCUT2D eigenvalue weighted by Crippen LogP contribution is 2.45. The quantitative estimate of drug-likeness (QED) is 0.587. The molecule has 0 amide bonds. The number of esters is 1. The van der Waals surface area contributed by atoms with Crippen molar-refractivity contribution in [2.24, 2.45) is 0 Å². The number of hydrogen-bond donors (Lipinski definition) is 1. The van der Waals surface area contributed by atoms with E-state index in [1.807, 2.05) is 12.3 Å². The topological polar surface area (TPSA) is 64.6 Å². The van der Waals surface area contributed by atoms with Crippen LogP contribution < -0.4 is 9.61 Å². The van der Waals surface area contributed by atoms with Crippen LogP contribution in [0.4, 0.5) is 0 Å². The van der Waals surface area contributed by atoms with E-state index in [1.54, 1.807) is 38.1 Å². The Morgan fingerprint density at radius 3 is 2.55 bits per heavy atom. The fourth-order valence-electron chi connectivity index (χ4n) is 1.42. The highest BCUT2D eigenvalue weighted by Gasteiger charge is 2.25. The summed E-state index contributed by atoms with van der Waals surface area (Å²) in [6, 6.07) is 8.89. The van der Waals surface area contributed by atoms with Gasteiger partial charge in [-0.3, -0.25) is 9.36 Å². The predicted octanol–water partition coefficient (Wildman–Crippen LogP) is 3.12. The Balaban J connectivity index is 2.62. The predicted molar refractivity (Wildman–Crippen MR) is 82.3 cm³/mol. The summed E-state index contributed by atoms with van der Waals surface area (Å²) in [7, 11) is -3.13. The first-order valence-electron chi connectivity index (χ1n) is 6.22. The van der Waals surface area contributed by atoms with Gasteiger partial charge in [-0.2, -0.15) is 11.8 Å². The van der Waals surface area contributed by atoms with Crippen LogP contribution in [0, 0.1) is 0 Å². The summed E-state index contributed by atoms with van der Waals surface area (Å²) in [5.74, 6) is 0.0626. The van der Waals surface area contributed by atoms with Crippen LogP contribution in [-0.4, -0.2) is 30.4 Å². The largest absolute Gasteiger partial charge is 0.462 e. The summed E-state index contributed by atoms with van der Waals surface area (Å²) in [5, 5.41) is 2.69. The van der Waals surface area contributed by atoms with Crippen LogP contribution in [0.1, 0.15) is 13.8 Å². The number of rotatable bonds is 8. The van der Waals surface area contributed by atoms with E-state index < -0.39 is 13.5 Å². The van der Waals surface area contributed by atoms with Crippen molar-refractivity contribution in [3.8, 4) is 5.75 Å². The van der Waals surface area contributed by atoms with Crippen LogP contribution in [0.3, 0.4) is 0 Å². The normalized spacial score (nSPS) is 13.8. The number of hydrogen-bond acceptors (Lipinski definition) is 5. The van der Waals surface area contributed by atoms with Crippen molar-refractivity contribution in [1.82, 2.24) is 5.09 Å². The zero-order valence-corrected chi connectivity index (χ0v) is 13.6. The molecule has 20 heavy (non-hydrogen) atoms. The fraction of sp³-hybridized carbons (Fsp3) is 0.462. The van der Waals surface area contributed by atoms with Crippen LogP contribution >= 0.6 is 19.3 Å². The van der Waals surface area contributed by atoms with Crippen LogP contribution in [0.2, 0.25) is 0 Å². The van der Waals surface area contributed by atoms with Crippen molar-refractivity contribution in [3.63, 3.8) is 0 Å². The Morgan fingerprint density at radius 1 is 1.35 bits per heavy atom. The minimum Gasteiger partial charge on any atom is -0.462 e. The molecule has 1 rings (SSSR count). The second-order valence-corrected chi connectivity index (χ2v) is 7.82. The molecule has 1 N–H and O–H groups in total. The molecule has 0 spiro atoms. The molecule has 0 fully saturated rings. The van der Waals surface area contributed by atoms with E-state index in [9.17, 15) is 9.36 Å². The average molecular weight is 317 g/mol. The summed E-state index contributed by atoms with van der Waals surface area (Å²) < 4.78 is 23.1. The molecule has 0 aromatic heterocycles. The van der Waals surface area contributed by atoms with Crippen molar-refractivity contribution < 1.29 is 18.6 Å². The van der Waals surface area contributed by atoms with Gasteiger partial charge in [-0.05, 0) is 32.2 Å². The zero-order chi connectivity index (χ0) is 15.0. The summed E-state index contributed by atoms with van der Waals surface area (Å²) >= 11 is 1.39. The molecule has 0 heterocycles. The number of nitrogens with one attached hydrogen (secondary N) is 1. The zero-order valence-electron chi connectivity index (χ0n) is 11.9. The number of ether oxygens (including phenoxy) is 1. The van der Waals surface area contributed by atoms with E-state index in [0.29, 0.717) is 5.75 Å². The standard InChI is InChI=1S/C13H20NO4PS/c1-11(2)17-13(15)9-14-19(16,10-20-3)18-12-7-5-4-6-8-12/h4-8,11H,9-10H2,1-3H3,(H,14,16). The Kier molecular flexibility index (Phi) is 7.13. The highest BCUT2D eigenvalue weighted by atomic mass is 32.2. The van der Waals surface area contributed by atoms with E-state index in [1.165, 1.54) is 11.8 Å². The van der Waals surface area contributed by atoms with Crippen molar-refractivity contribution in [2.45, 2.75) is 20.0 Å². The molecule has 0 saturated heterocycles. The van der Waals surface area contributed by atoms with Crippen molar-refractivity contribution >= 4 is 25.3 Å². The molecule has 7 heteroatoms. The van der Waals surface area contributed by atoms with Gasteiger partial charge in [0.15, 0.2) is 0 Å². The Labute approximate surface area is 123 Å². The Hall–Kier alpha value is -0.970. The molecule has 1 atom stereocenters. The van der Waals surface area contributed by atoms with E-state index in [0.717, 1.165) is 0 Å². The second kappa shape index (κ2) is 8.35. The van der Waals surface area contributed by atoms with E-state index in [2.05, 4.69) is 5.09 Å². The lowest BCUT2D eigenvalue weighted by molar-refractivity contribution is -0.145. The molecule has 1 aromatic rings. The van der Waals surface area contributed by atoms with Crippen LogP contribution in [0.25, 0.3) is 0 Å². The maximum Gasteiger partial charge on any atom is 0.326 e. The van der Waals surface area contributed by atoms with Gasteiger partial charge in [0.2, 0.25) is 0 Å². The maximum absolute atomic E-state index is 12.6. The van der Waals surface area contributed by atoms with E-state index in [4.69, 9.17) is 9.26 Å². The molecular formula is C13H20NO4PS. The minimum atomic E-state index is -3.13. The molecule has 0 bridgehead atoms. The van der Waals surface area contributed by atoms with E-state index in [-0.39, 0.29) is 18.1 Å². The van der Waals surface area contributed by atoms with Gasteiger partial charge in [-0.1, -0.05) is 18.2 Å². The summed E-state index contributed by atoms with van der Waals surface area (Å²) in [5.41, 5.74) is 0.275. The lowest BCUT2D eigenvalue weighted by Gasteiger charge is -2.19. The van der Waals surface area contributed by atoms with Crippen molar-refractivity contribution in [3.05, 3.63) is 30.3 Å². The minimum absolute atomic E-state index is 0.136.